The first kappa shape index (κ1) is 25.3. The number of halogens is 2. The normalized spacial score (nSPS) is 13.2. The summed E-state index contributed by atoms with van der Waals surface area (Å²) < 4.78 is 27.9. The second kappa shape index (κ2) is 10.5. The molecule has 0 atom stereocenters. The number of carbonyl (C=O) groups excluding carboxylic acids is 3. The fraction of sp³-hybridized carbons (Fsp3) is 0.0741. The van der Waals surface area contributed by atoms with E-state index in [1.807, 2.05) is 0 Å². The van der Waals surface area contributed by atoms with Gasteiger partial charge in [-0.25, -0.2) is 13.8 Å². The lowest BCUT2D eigenvalue weighted by Crippen LogP contribution is -2.37. The third-order valence-corrected chi connectivity index (χ3v) is 5.92. The summed E-state index contributed by atoms with van der Waals surface area (Å²) in [5.74, 6) is -3.68. The van der Waals surface area contributed by atoms with Crippen molar-refractivity contribution in [2.75, 3.05) is 17.2 Å². The van der Waals surface area contributed by atoms with E-state index in [0.717, 1.165) is 12.1 Å². The maximum Gasteiger partial charge on any atom is 0.263 e. The van der Waals surface area contributed by atoms with Crippen molar-refractivity contribution in [1.82, 2.24) is 19.9 Å². The van der Waals surface area contributed by atoms with Crippen LogP contribution < -0.4 is 21.5 Å². The third-order valence-electron chi connectivity index (χ3n) is 5.92. The van der Waals surface area contributed by atoms with E-state index >= 15 is 0 Å². The highest BCUT2D eigenvalue weighted by Crippen LogP contribution is 2.34. The summed E-state index contributed by atoms with van der Waals surface area (Å²) in [6.07, 6.45) is 6.11. The Kier molecular flexibility index (Phi) is 6.83. The molecule has 4 aromatic rings. The topological polar surface area (TPSA) is 138 Å². The van der Waals surface area contributed by atoms with Gasteiger partial charge < -0.3 is 25.5 Å². The number of aromatic nitrogens is 3. The van der Waals surface area contributed by atoms with Gasteiger partial charge in [0.1, 0.15) is 5.56 Å². The molecular weight excluding hydrogens is 510 g/mol. The van der Waals surface area contributed by atoms with E-state index in [9.17, 15) is 28.0 Å². The number of nitrogens with zero attached hydrogens (tertiary/aromatic N) is 2. The second-order valence-electron chi connectivity index (χ2n) is 8.61. The van der Waals surface area contributed by atoms with Gasteiger partial charge in [-0.05, 0) is 54.1 Å². The molecule has 12 heteroatoms. The van der Waals surface area contributed by atoms with Crippen LogP contribution in [0.25, 0.3) is 11.6 Å². The van der Waals surface area contributed by atoms with Crippen LogP contribution in [-0.4, -0.2) is 38.8 Å². The number of carbonyl (C=O) groups is 3. The van der Waals surface area contributed by atoms with Crippen molar-refractivity contribution in [1.29, 1.82) is 0 Å². The molecule has 0 saturated heterocycles. The molecular formula is C27H20F2N6O4. The van der Waals surface area contributed by atoms with Crippen LogP contribution >= 0.6 is 0 Å². The molecule has 1 aliphatic rings. The third kappa shape index (κ3) is 5.49. The fourth-order valence-corrected chi connectivity index (χ4v) is 4.04. The molecule has 0 aliphatic carbocycles. The maximum atomic E-state index is 13.5. The minimum absolute atomic E-state index is 0.0792. The van der Waals surface area contributed by atoms with E-state index in [2.05, 4.69) is 25.9 Å². The molecule has 10 nitrogen and oxygen atoms in total. The number of amides is 3. The van der Waals surface area contributed by atoms with Crippen molar-refractivity contribution in [3.63, 3.8) is 0 Å². The lowest BCUT2D eigenvalue weighted by atomic mass is 10.1. The number of H-pyrrole nitrogens is 1. The van der Waals surface area contributed by atoms with Crippen molar-refractivity contribution in [3.05, 3.63) is 112 Å². The molecule has 0 bridgehead atoms. The van der Waals surface area contributed by atoms with Gasteiger partial charge in [0, 0.05) is 23.1 Å². The molecule has 0 radical (unpaired) electrons. The van der Waals surface area contributed by atoms with Crippen molar-refractivity contribution in [2.24, 2.45) is 0 Å². The summed E-state index contributed by atoms with van der Waals surface area (Å²) >= 11 is 0. The van der Waals surface area contributed by atoms with Gasteiger partial charge in [0.15, 0.2) is 11.6 Å². The quantitative estimate of drug-likeness (QED) is 0.272. The number of anilines is 2. The van der Waals surface area contributed by atoms with Crippen LogP contribution in [0.5, 0.6) is 0 Å². The number of imidazole rings is 1. The molecule has 0 fully saturated rings. The molecule has 1 aliphatic heterocycles. The Morgan fingerprint density at radius 2 is 1.90 bits per heavy atom. The highest BCUT2D eigenvalue weighted by Gasteiger charge is 2.25. The van der Waals surface area contributed by atoms with Crippen LogP contribution in [-0.2, 0) is 16.1 Å². The van der Waals surface area contributed by atoms with Crippen LogP contribution in [0.3, 0.4) is 0 Å². The zero-order valence-corrected chi connectivity index (χ0v) is 20.1. The highest BCUT2D eigenvalue weighted by molar-refractivity contribution is 6.35. The smallest absolute Gasteiger partial charge is 0.263 e. The van der Waals surface area contributed by atoms with Gasteiger partial charge in [-0.1, -0.05) is 6.07 Å². The monoisotopic (exact) mass is 530 g/mol. The Hall–Kier alpha value is -5.39. The van der Waals surface area contributed by atoms with Crippen LogP contribution in [0.4, 0.5) is 20.2 Å². The molecule has 0 saturated carbocycles. The minimum Gasteiger partial charge on any atom is -0.345 e. The summed E-state index contributed by atoms with van der Waals surface area (Å²) in [6.45, 7) is -0.508. The van der Waals surface area contributed by atoms with Crippen LogP contribution in [0, 0.1) is 11.6 Å². The molecule has 5 rings (SSSR count). The van der Waals surface area contributed by atoms with Crippen LogP contribution in [0.15, 0.2) is 72.0 Å². The molecule has 196 valence electrons. The predicted octanol–water partition coefficient (Wildman–Crippen LogP) is 2.76. The SMILES string of the molecule is O=C(CNC(=O)c1cccn(Cc2ccc(F)c(F)c2)c1=O)Nc1ccc2c(c1)C(=Cc1cnc[nH]1)C(=O)N2. The number of fused-ring (bicyclic) bond motifs is 1. The summed E-state index contributed by atoms with van der Waals surface area (Å²) in [5.41, 5.74) is 2.05. The van der Waals surface area contributed by atoms with Crippen molar-refractivity contribution >= 4 is 40.7 Å². The number of rotatable bonds is 7. The van der Waals surface area contributed by atoms with Gasteiger partial charge in [-0.3, -0.25) is 19.2 Å². The van der Waals surface area contributed by atoms with Crippen LogP contribution in [0.2, 0.25) is 0 Å². The molecule has 3 amide bonds. The molecule has 4 N–H and O–H groups in total. The zero-order chi connectivity index (χ0) is 27.5. The summed E-state index contributed by atoms with van der Waals surface area (Å²) in [6, 6.07) is 10.9. The van der Waals surface area contributed by atoms with E-state index in [1.165, 1.54) is 35.3 Å². The minimum atomic E-state index is -1.04. The summed E-state index contributed by atoms with van der Waals surface area (Å²) in [5, 5.41) is 7.80. The van der Waals surface area contributed by atoms with Crippen molar-refractivity contribution < 1.29 is 23.2 Å². The van der Waals surface area contributed by atoms with E-state index < -0.39 is 35.6 Å². The van der Waals surface area contributed by atoms with E-state index in [-0.39, 0.29) is 18.0 Å². The van der Waals surface area contributed by atoms with Gasteiger partial charge in [-0.15, -0.1) is 0 Å². The lowest BCUT2D eigenvalue weighted by Gasteiger charge is -2.10. The Labute approximate surface area is 219 Å². The average molecular weight is 530 g/mol. The lowest BCUT2D eigenvalue weighted by molar-refractivity contribution is -0.115. The number of benzene rings is 2. The van der Waals surface area contributed by atoms with Crippen molar-refractivity contribution in [3.8, 4) is 0 Å². The standard InChI is InChI=1S/C27H20F2N6O4/c28-21-5-3-15(8-22(21)29)13-35-7-1-2-18(27(35)39)25(37)31-12-24(36)33-16-4-6-23-19(9-16)20(26(38)34-23)10-17-11-30-14-32-17/h1-11,14H,12-13H2,(H,30,32)(H,31,37)(H,33,36)(H,34,38). The van der Waals surface area contributed by atoms with Crippen molar-refractivity contribution in [2.45, 2.75) is 6.54 Å². The van der Waals surface area contributed by atoms with Gasteiger partial charge >= 0.3 is 0 Å². The number of hydrogen-bond acceptors (Lipinski definition) is 5. The maximum absolute atomic E-state index is 13.5. The molecule has 0 spiro atoms. The van der Waals surface area contributed by atoms with Gasteiger partial charge in [-0.2, -0.15) is 0 Å². The molecule has 2 aromatic carbocycles. The first-order valence-corrected chi connectivity index (χ1v) is 11.7. The van der Waals surface area contributed by atoms with E-state index in [1.54, 1.807) is 30.5 Å². The van der Waals surface area contributed by atoms with Gasteiger partial charge in [0.05, 0.1) is 36.9 Å². The predicted molar refractivity (Wildman–Crippen MR) is 139 cm³/mol. The summed E-state index contributed by atoms with van der Waals surface area (Å²) in [7, 11) is 0. The second-order valence-corrected chi connectivity index (χ2v) is 8.61. The molecule has 2 aromatic heterocycles. The van der Waals surface area contributed by atoms with Gasteiger partial charge in [0.2, 0.25) is 5.91 Å². The van der Waals surface area contributed by atoms with E-state index in [4.69, 9.17) is 0 Å². The Bertz CT molecular complexity index is 1690. The molecule has 3 heterocycles. The number of pyridine rings is 1. The number of nitrogens with one attached hydrogen (secondary N) is 4. The average Bonchev–Trinajstić information content (AvgIpc) is 3.54. The molecule has 39 heavy (non-hydrogen) atoms. The fourth-order valence-electron chi connectivity index (χ4n) is 4.04. The Balaban J connectivity index is 1.23. The number of aromatic amines is 1. The summed E-state index contributed by atoms with van der Waals surface area (Å²) in [4.78, 5) is 57.1. The highest BCUT2D eigenvalue weighted by atomic mass is 19.2. The zero-order valence-electron chi connectivity index (χ0n) is 20.1. The largest absolute Gasteiger partial charge is 0.345 e. The first-order chi connectivity index (χ1) is 18.8. The first-order valence-electron chi connectivity index (χ1n) is 11.7. The Morgan fingerprint density at radius 1 is 1.05 bits per heavy atom. The van der Waals surface area contributed by atoms with Gasteiger partial charge in [0.25, 0.3) is 17.4 Å². The van der Waals surface area contributed by atoms with E-state index in [0.29, 0.717) is 33.8 Å². The number of hydrogen-bond donors (Lipinski definition) is 4. The Morgan fingerprint density at radius 3 is 2.67 bits per heavy atom. The van der Waals surface area contributed by atoms with Crippen LogP contribution in [0.1, 0.15) is 27.2 Å². The molecule has 0 unspecified atom stereocenters.